The van der Waals surface area contributed by atoms with Gasteiger partial charge in [-0.05, 0) is 20.3 Å². The van der Waals surface area contributed by atoms with Crippen LogP contribution in [0.15, 0.2) is 0 Å². The number of hydrogen-bond donors (Lipinski definition) is 1. The predicted molar refractivity (Wildman–Crippen MR) is 49.2 cm³/mol. The summed E-state index contributed by atoms with van der Waals surface area (Å²) in [5, 5.41) is 3.19. The van der Waals surface area contributed by atoms with Crippen LogP contribution < -0.4 is 5.32 Å². The molecule has 0 saturated carbocycles. The van der Waals surface area contributed by atoms with Gasteiger partial charge in [-0.1, -0.05) is 6.92 Å². The van der Waals surface area contributed by atoms with E-state index in [0.29, 0.717) is 12.6 Å². The van der Waals surface area contributed by atoms with E-state index in [1.807, 2.05) is 0 Å². The summed E-state index contributed by atoms with van der Waals surface area (Å²) in [5.74, 6) is 0. The maximum atomic E-state index is 11.7. The van der Waals surface area contributed by atoms with Gasteiger partial charge in [-0.25, -0.2) is 8.78 Å². The van der Waals surface area contributed by atoms with Crippen LogP contribution in [0.4, 0.5) is 8.78 Å². The number of nitrogens with one attached hydrogen (secondary N) is 1. The van der Waals surface area contributed by atoms with Crippen LogP contribution >= 0.6 is 0 Å². The number of rotatable bonds is 7. The van der Waals surface area contributed by atoms with Gasteiger partial charge in [0, 0.05) is 12.6 Å². The summed E-state index contributed by atoms with van der Waals surface area (Å²) < 4.78 is 28.3. The Bertz CT molecular complexity index is 122. The lowest BCUT2D eigenvalue weighted by molar-refractivity contribution is -0.0170. The third kappa shape index (κ3) is 8.12. The highest BCUT2D eigenvalue weighted by molar-refractivity contribution is 4.61. The van der Waals surface area contributed by atoms with E-state index in [9.17, 15) is 8.78 Å². The van der Waals surface area contributed by atoms with E-state index in [-0.39, 0.29) is 6.10 Å². The molecule has 0 aliphatic heterocycles. The third-order valence-electron chi connectivity index (χ3n) is 1.87. The van der Waals surface area contributed by atoms with E-state index >= 15 is 0 Å². The average Bonchev–Trinajstić information content (AvgIpc) is 2.10. The smallest absolute Gasteiger partial charge is 0.261 e. The van der Waals surface area contributed by atoms with Crippen molar-refractivity contribution in [1.82, 2.24) is 5.32 Å². The van der Waals surface area contributed by atoms with Crippen LogP contribution in [0.2, 0.25) is 0 Å². The van der Waals surface area contributed by atoms with Crippen LogP contribution in [0.1, 0.15) is 27.2 Å². The molecule has 0 rings (SSSR count). The van der Waals surface area contributed by atoms with Gasteiger partial charge in [0.2, 0.25) is 0 Å². The van der Waals surface area contributed by atoms with Crippen molar-refractivity contribution in [3.8, 4) is 0 Å². The Kier molecular flexibility index (Phi) is 7.09. The number of hydrogen-bond acceptors (Lipinski definition) is 2. The van der Waals surface area contributed by atoms with Crippen molar-refractivity contribution in [2.24, 2.45) is 0 Å². The lowest BCUT2D eigenvalue weighted by atomic mass is 10.2. The molecule has 0 fully saturated rings. The molecule has 0 spiro atoms. The molecule has 2 nitrogen and oxygen atoms in total. The van der Waals surface area contributed by atoms with Gasteiger partial charge < -0.3 is 10.1 Å². The molecule has 80 valence electrons. The van der Waals surface area contributed by atoms with E-state index < -0.39 is 13.0 Å². The lowest BCUT2D eigenvalue weighted by Gasteiger charge is -2.16. The molecule has 4 heteroatoms. The van der Waals surface area contributed by atoms with Crippen molar-refractivity contribution < 1.29 is 13.5 Å². The van der Waals surface area contributed by atoms with E-state index in [0.717, 1.165) is 6.42 Å². The van der Waals surface area contributed by atoms with Gasteiger partial charge in [-0.15, -0.1) is 0 Å². The monoisotopic (exact) mass is 195 g/mol. The van der Waals surface area contributed by atoms with Crippen LogP contribution in [0.5, 0.6) is 0 Å². The molecule has 2 atom stereocenters. The summed E-state index contributed by atoms with van der Waals surface area (Å²) in [5.41, 5.74) is 0. The Morgan fingerprint density at radius 1 is 1.31 bits per heavy atom. The second kappa shape index (κ2) is 7.21. The van der Waals surface area contributed by atoms with Gasteiger partial charge in [0.25, 0.3) is 6.43 Å². The van der Waals surface area contributed by atoms with Crippen molar-refractivity contribution in [1.29, 1.82) is 0 Å². The predicted octanol–water partition coefficient (Wildman–Crippen LogP) is 2.04. The number of halogens is 2. The minimum Gasteiger partial charge on any atom is -0.371 e. The molecule has 0 aromatic rings. The van der Waals surface area contributed by atoms with Crippen LogP contribution in [-0.2, 0) is 4.74 Å². The van der Waals surface area contributed by atoms with Crippen LogP contribution in [0.3, 0.4) is 0 Å². The van der Waals surface area contributed by atoms with Crippen LogP contribution in [0, 0.1) is 0 Å². The Labute approximate surface area is 78.7 Å². The van der Waals surface area contributed by atoms with Crippen molar-refractivity contribution in [3.63, 3.8) is 0 Å². The normalized spacial score (nSPS) is 16.2. The van der Waals surface area contributed by atoms with Gasteiger partial charge in [-0.3, -0.25) is 0 Å². The summed E-state index contributed by atoms with van der Waals surface area (Å²) >= 11 is 0. The van der Waals surface area contributed by atoms with Crippen molar-refractivity contribution in [2.45, 2.75) is 45.8 Å². The van der Waals surface area contributed by atoms with E-state index in [1.54, 1.807) is 6.92 Å². The Balaban J connectivity index is 3.34. The second-order valence-corrected chi connectivity index (χ2v) is 3.25. The lowest BCUT2D eigenvalue weighted by Crippen LogP contribution is -2.33. The second-order valence-electron chi connectivity index (χ2n) is 3.25. The molecule has 0 amide bonds. The molecule has 0 aliphatic carbocycles. The van der Waals surface area contributed by atoms with Gasteiger partial charge >= 0.3 is 0 Å². The zero-order valence-electron chi connectivity index (χ0n) is 8.52. The fourth-order valence-corrected chi connectivity index (χ4v) is 0.807. The first-order valence-corrected chi connectivity index (χ1v) is 4.69. The highest BCUT2D eigenvalue weighted by Crippen LogP contribution is 1.97. The zero-order chi connectivity index (χ0) is 10.3. The summed E-state index contributed by atoms with van der Waals surface area (Å²) in [6.45, 7) is 6.07. The molecule has 13 heavy (non-hydrogen) atoms. The summed E-state index contributed by atoms with van der Waals surface area (Å²) in [7, 11) is 0. The first-order valence-electron chi connectivity index (χ1n) is 4.69. The minimum absolute atomic E-state index is 0.150. The van der Waals surface area contributed by atoms with E-state index in [4.69, 9.17) is 4.74 Å². The quantitative estimate of drug-likeness (QED) is 0.671. The number of ether oxygens (including phenoxy) is 1. The number of alkyl halides is 2. The van der Waals surface area contributed by atoms with Gasteiger partial charge in [0.05, 0.1) is 6.10 Å². The van der Waals surface area contributed by atoms with E-state index in [2.05, 4.69) is 19.2 Å². The maximum Gasteiger partial charge on any atom is 0.261 e. The summed E-state index contributed by atoms with van der Waals surface area (Å²) in [6, 6.07) is 0.414. The molecule has 2 unspecified atom stereocenters. The summed E-state index contributed by atoms with van der Waals surface area (Å²) in [4.78, 5) is 0. The van der Waals surface area contributed by atoms with Crippen molar-refractivity contribution in [2.75, 3.05) is 13.2 Å². The molecule has 0 aromatic heterocycles. The fourth-order valence-electron chi connectivity index (χ4n) is 0.807. The highest BCUT2D eigenvalue weighted by Gasteiger charge is 2.08. The van der Waals surface area contributed by atoms with Gasteiger partial charge in [0.1, 0.15) is 6.61 Å². The molecular formula is C9H19F2NO. The van der Waals surface area contributed by atoms with Crippen LogP contribution in [0.25, 0.3) is 0 Å². The topological polar surface area (TPSA) is 21.3 Å². The van der Waals surface area contributed by atoms with Gasteiger partial charge in [0.15, 0.2) is 0 Å². The molecule has 0 bridgehead atoms. The Morgan fingerprint density at radius 2 is 1.92 bits per heavy atom. The molecule has 0 saturated heterocycles. The molecule has 1 N–H and O–H groups in total. The standard InChI is InChI=1S/C9H19F2NO/c1-4-7(2)12-5-8(3)13-6-9(10)11/h7-9,12H,4-6H2,1-3H3. The fraction of sp³-hybridized carbons (Fsp3) is 1.00. The molecule has 0 heterocycles. The SMILES string of the molecule is CCC(C)NCC(C)OCC(F)F. The van der Waals surface area contributed by atoms with Gasteiger partial charge in [-0.2, -0.15) is 0 Å². The average molecular weight is 195 g/mol. The Hall–Kier alpha value is -0.220. The molecule has 0 radical (unpaired) electrons. The maximum absolute atomic E-state index is 11.7. The third-order valence-corrected chi connectivity index (χ3v) is 1.87. The van der Waals surface area contributed by atoms with E-state index in [1.165, 1.54) is 0 Å². The largest absolute Gasteiger partial charge is 0.371 e. The molecule has 0 aliphatic rings. The Morgan fingerprint density at radius 3 is 2.38 bits per heavy atom. The minimum atomic E-state index is -2.37. The van der Waals surface area contributed by atoms with Crippen LogP contribution in [-0.4, -0.2) is 31.7 Å². The molecule has 0 aromatic carbocycles. The van der Waals surface area contributed by atoms with Crippen molar-refractivity contribution >= 4 is 0 Å². The summed E-state index contributed by atoms with van der Waals surface area (Å²) in [6.07, 6.45) is -1.49. The zero-order valence-corrected chi connectivity index (χ0v) is 8.52. The van der Waals surface area contributed by atoms with Crippen molar-refractivity contribution in [3.05, 3.63) is 0 Å². The molecular weight excluding hydrogens is 176 g/mol. The first-order chi connectivity index (χ1) is 6.06. The first kappa shape index (κ1) is 12.8. The highest BCUT2D eigenvalue weighted by atomic mass is 19.3.